The number of carbonyl (C=O) groups excluding carboxylic acids is 3. The molecular weight excluding hydrogens is 462 g/mol. The van der Waals surface area contributed by atoms with Gasteiger partial charge in [-0.1, -0.05) is 6.58 Å². The molecule has 0 radical (unpaired) electrons. The molecule has 204 valence electrons. The molecule has 12 heteroatoms. The zero-order valence-corrected chi connectivity index (χ0v) is 21.2. The molecule has 0 saturated heterocycles. The molecule has 0 rings (SSSR count). The molecule has 0 atom stereocenters. The van der Waals surface area contributed by atoms with Gasteiger partial charge in [0.25, 0.3) is 0 Å². The fourth-order valence-electron chi connectivity index (χ4n) is 2.46. The van der Waals surface area contributed by atoms with E-state index in [1.807, 2.05) is 0 Å². The van der Waals surface area contributed by atoms with E-state index in [2.05, 4.69) is 27.3 Å². The van der Waals surface area contributed by atoms with E-state index in [4.69, 9.17) is 23.7 Å². The highest BCUT2D eigenvalue weighted by molar-refractivity contribution is 5.77. The lowest BCUT2D eigenvalue weighted by atomic mass is 10.2. The number of ether oxygens (including phenoxy) is 6. The van der Waals surface area contributed by atoms with Crippen molar-refractivity contribution in [2.45, 2.75) is 26.2 Å². The minimum Gasteiger partial charge on any atom is -0.467 e. The Kier molecular flexibility index (Phi) is 23.3. The number of amides is 2. The highest BCUT2D eigenvalue weighted by Crippen LogP contribution is 2.02. The summed E-state index contributed by atoms with van der Waals surface area (Å²) in [5.74, 6) is -0.716. The number of methoxy groups -OCH3 is 1. The van der Waals surface area contributed by atoms with Crippen LogP contribution >= 0.6 is 0 Å². The molecule has 0 aliphatic rings. The van der Waals surface area contributed by atoms with Gasteiger partial charge in [0.05, 0.1) is 53.4 Å². The summed E-state index contributed by atoms with van der Waals surface area (Å²) in [6.45, 7) is 10.2. The number of carbonyl (C=O) groups is 3. The van der Waals surface area contributed by atoms with E-state index in [1.54, 1.807) is 0 Å². The topological polar surface area (TPSA) is 143 Å². The molecule has 0 aromatic carbocycles. The van der Waals surface area contributed by atoms with Gasteiger partial charge in [0.2, 0.25) is 11.8 Å². The molecule has 2 amide bonds. The van der Waals surface area contributed by atoms with Crippen LogP contribution in [0.5, 0.6) is 0 Å². The van der Waals surface area contributed by atoms with Crippen LogP contribution in [0.25, 0.3) is 0 Å². The number of hydrogen-bond acceptors (Lipinski definition) is 10. The van der Waals surface area contributed by atoms with Crippen molar-refractivity contribution < 1.29 is 42.8 Å². The zero-order valence-electron chi connectivity index (χ0n) is 21.2. The highest BCUT2D eigenvalue weighted by atomic mass is 16.6. The highest BCUT2D eigenvalue weighted by Gasteiger charge is 2.02. The smallest absolute Gasteiger partial charge is 0.331 e. The third-order valence-electron chi connectivity index (χ3n) is 4.25. The van der Waals surface area contributed by atoms with E-state index < -0.39 is 5.97 Å². The van der Waals surface area contributed by atoms with Gasteiger partial charge in [-0.25, -0.2) is 4.79 Å². The first-order chi connectivity index (χ1) is 17.0. The molecule has 12 nitrogen and oxygen atoms in total. The van der Waals surface area contributed by atoms with Crippen molar-refractivity contribution in [1.82, 2.24) is 16.0 Å². The molecule has 0 aliphatic carbocycles. The summed E-state index contributed by atoms with van der Waals surface area (Å²) in [4.78, 5) is 33.2. The van der Waals surface area contributed by atoms with Gasteiger partial charge in [0.15, 0.2) is 0 Å². The van der Waals surface area contributed by atoms with Crippen LogP contribution in [0.1, 0.15) is 26.2 Å². The fraction of sp³-hybridized carbons (Fsp3) is 0.783. The lowest BCUT2D eigenvalue weighted by Crippen LogP contribution is -2.31. The largest absolute Gasteiger partial charge is 0.467 e. The van der Waals surface area contributed by atoms with Crippen LogP contribution in [-0.4, -0.2) is 111 Å². The number of unbranched alkanes of at least 4 members (excludes halogenated alkanes) is 1. The molecule has 35 heavy (non-hydrogen) atoms. The predicted octanol–water partition coefficient (Wildman–Crippen LogP) is -0.232. The molecule has 3 N–H and O–H groups in total. The van der Waals surface area contributed by atoms with Crippen molar-refractivity contribution in [3.05, 3.63) is 12.3 Å². The lowest BCUT2D eigenvalue weighted by Gasteiger charge is -2.11. The summed E-state index contributed by atoms with van der Waals surface area (Å²) in [7, 11) is 1.29. The number of hydrogen-bond donors (Lipinski definition) is 3. The number of nitrogens with one attached hydrogen (secondary N) is 3. The molecular formula is C23H43N3O9. The maximum Gasteiger partial charge on any atom is 0.331 e. The number of esters is 1. The molecule has 0 aromatic heterocycles. The first-order valence-electron chi connectivity index (χ1n) is 11.8. The standard InChI is InChI=1S/C23H43N3O9/c1-20(6-4-5-10-31-12-8-25-21(2)27)24-7-11-32-14-16-34-18-22(28)26-9-13-33-15-17-35-19-23(29)30-3/h24H,1,4-19H2,2-3H3,(H,25,27)(H,26,28). The van der Waals surface area contributed by atoms with Crippen LogP contribution < -0.4 is 16.0 Å². The second-order valence-electron chi connectivity index (χ2n) is 7.34. The summed E-state index contributed by atoms with van der Waals surface area (Å²) < 4.78 is 30.9. The maximum absolute atomic E-state index is 11.6. The van der Waals surface area contributed by atoms with Gasteiger partial charge in [0.1, 0.15) is 13.2 Å². The Hall–Kier alpha value is -2.25. The SMILES string of the molecule is C=C(CCCCOCCNC(C)=O)NCCOCCOCC(=O)NCCOCCOCC(=O)OC. The van der Waals surface area contributed by atoms with Gasteiger partial charge in [-0.15, -0.1) is 0 Å². The number of allylic oxidation sites excluding steroid dienone is 1. The van der Waals surface area contributed by atoms with E-state index in [-0.39, 0.29) is 31.6 Å². The first kappa shape index (κ1) is 32.8. The van der Waals surface area contributed by atoms with Gasteiger partial charge >= 0.3 is 5.97 Å². The number of rotatable bonds is 25. The summed E-state index contributed by atoms with van der Waals surface area (Å²) in [5, 5.41) is 8.57. The van der Waals surface area contributed by atoms with Gasteiger partial charge < -0.3 is 44.4 Å². The summed E-state index contributed by atoms with van der Waals surface area (Å²) in [6.07, 6.45) is 2.77. The predicted molar refractivity (Wildman–Crippen MR) is 129 cm³/mol. The molecule has 0 bridgehead atoms. The summed E-state index contributed by atoms with van der Waals surface area (Å²) in [5.41, 5.74) is 0.956. The Bertz CT molecular complexity index is 576. The average Bonchev–Trinajstić information content (AvgIpc) is 2.83. The van der Waals surface area contributed by atoms with Crippen molar-refractivity contribution in [1.29, 1.82) is 0 Å². The van der Waals surface area contributed by atoms with Gasteiger partial charge in [-0.2, -0.15) is 0 Å². The van der Waals surface area contributed by atoms with Crippen molar-refractivity contribution in [3.8, 4) is 0 Å². The zero-order chi connectivity index (χ0) is 26.0. The molecule has 0 fully saturated rings. The van der Waals surface area contributed by atoms with Crippen molar-refractivity contribution in [3.63, 3.8) is 0 Å². The molecule has 0 aliphatic heterocycles. The van der Waals surface area contributed by atoms with E-state index in [0.717, 1.165) is 25.0 Å². The van der Waals surface area contributed by atoms with Gasteiger partial charge in [-0.05, 0) is 19.3 Å². The summed E-state index contributed by atoms with van der Waals surface area (Å²) in [6, 6.07) is 0. The Morgan fingerprint density at radius 2 is 1.20 bits per heavy atom. The quantitative estimate of drug-likeness (QED) is 0.112. The second-order valence-corrected chi connectivity index (χ2v) is 7.34. The Morgan fingerprint density at radius 1 is 0.657 bits per heavy atom. The third-order valence-corrected chi connectivity index (χ3v) is 4.25. The van der Waals surface area contributed by atoms with Crippen molar-refractivity contribution in [2.75, 3.05) is 92.8 Å². The van der Waals surface area contributed by atoms with E-state index >= 15 is 0 Å². The van der Waals surface area contributed by atoms with Crippen molar-refractivity contribution >= 4 is 17.8 Å². The van der Waals surface area contributed by atoms with Crippen LogP contribution in [0.2, 0.25) is 0 Å². The van der Waals surface area contributed by atoms with E-state index in [0.29, 0.717) is 65.9 Å². The Balaban J connectivity index is 3.30. The Labute approximate surface area is 208 Å². The van der Waals surface area contributed by atoms with Crippen LogP contribution in [-0.2, 0) is 42.8 Å². The van der Waals surface area contributed by atoms with Gasteiger partial charge in [0, 0.05) is 38.9 Å². The minimum atomic E-state index is -0.438. The van der Waals surface area contributed by atoms with E-state index in [1.165, 1.54) is 14.0 Å². The third kappa shape index (κ3) is 26.2. The normalized spacial score (nSPS) is 10.6. The van der Waals surface area contributed by atoms with E-state index in [9.17, 15) is 14.4 Å². The second kappa shape index (κ2) is 24.9. The molecule has 0 aromatic rings. The van der Waals surface area contributed by atoms with Crippen LogP contribution in [0, 0.1) is 0 Å². The van der Waals surface area contributed by atoms with Crippen molar-refractivity contribution in [2.24, 2.45) is 0 Å². The molecule has 0 unspecified atom stereocenters. The first-order valence-corrected chi connectivity index (χ1v) is 11.8. The van der Waals surface area contributed by atoms with Gasteiger partial charge in [-0.3, -0.25) is 9.59 Å². The van der Waals surface area contributed by atoms with Crippen LogP contribution in [0.4, 0.5) is 0 Å². The lowest BCUT2D eigenvalue weighted by molar-refractivity contribution is -0.146. The summed E-state index contributed by atoms with van der Waals surface area (Å²) >= 11 is 0. The fourth-order valence-corrected chi connectivity index (χ4v) is 2.46. The maximum atomic E-state index is 11.6. The molecule has 0 heterocycles. The minimum absolute atomic E-state index is 0.0440. The Morgan fingerprint density at radius 3 is 1.83 bits per heavy atom. The van der Waals surface area contributed by atoms with Crippen LogP contribution in [0.15, 0.2) is 12.3 Å². The van der Waals surface area contributed by atoms with Crippen LogP contribution in [0.3, 0.4) is 0 Å². The monoisotopic (exact) mass is 505 g/mol. The molecule has 0 spiro atoms. The molecule has 0 saturated carbocycles. The average molecular weight is 506 g/mol.